The molecule has 2 aliphatic rings. The summed E-state index contributed by atoms with van der Waals surface area (Å²) in [6.45, 7) is 0. The van der Waals surface area contributed by atoms with Gasteiger partial charge >= 0.3 is 0 Å². The lowest BCUT2D eigenvalue weighted by molar-refractivity contribution is 0.418. The highest BCUT2D eigenvalue weighted by atomic mass is 79.9. The maximum Gasteiger partial charge on any atom is 0.0214 e. The van der Waals surface area contributed by atoms with E-state index in [0.29, 0.717) is 4.83 Å². The summed E-state index contributed by atoms with van der Waals surface area (Å²) < 4.78 is 0. The summed E-state index contributed by atoms with van der Waals surface area (Å²) in [5.41, 5.74) is 3.18. The normalized spacial score (nSPS) is 29.9. The largest absolute Gasteiger partial charge is 0.0884 e. The van der Waals surface area contributed by atoms with Gasteiger partial charge in [0, 0.05) is 4.83 Å². The zero-order valence-electron chi connectivity index (χ0n) is 10.4. The second kappa shape index (κ2) is 5.14. The molecule has 0 spiro atoms. The lowest BCUT2D eigenvalue weighted by Gasteiger charge is -2.30. The first-order chi connectivity index (χ1) is 8.34. The number of hydrogen-bond acceptors (Lipinski definition) is 0. The second-order valence-corrected chi connectivity index (χ2v) is 6.88. The molecule has 0 nitrogen and oxygen atoms in total. The van der Waals surface area contributed by atoms with Gasteiger partial charge in [-0.05, 0) is 48.6 Å². The van der Waals surface area contributed by atoms with E-state index in [-0.39, 0.29) is 0 Å². The molecule has 0 aromatic heterocycles. The standard InChI is InChI=1S/C16H21Br/c17-16-10-2-1-9-15(16)14-8-4-7-13(11-14)12-5-3-6-12/h4,7-8,11-12,15-16H,1-3,5-6,9-10H2. The summed E-state index contributed by atoms with van der Waals surface area (Å²) >= 11 is 3.88. The molecule has 0 radical (unpaired) electrons. The minimum Gasteiger partial charge on any atom is -0.0884 e. The summed E-state index contributed by atoms with van der Waals surface area (Å²) in [6.07, 6.45) is 9.76. The van der Waals surface area contributed by atoms with Crippen LogP contribution < -0.4 is 0 Å². The van der Waals surface area contributed by atoms with Crippen LogP contribution in [0.3, 0.4) is 0 Å². The molecule has 1 aromatic carbocycles. The molecule has 0 heterocycles. The van der Waals surface area contributed by atoms with Crippen molar-refractivity contribution in [2.75, 3.05) is 0 Å². The van der Waals surface area contributed by atoms with Crippen LogP contribution in [0.4, 0.5) is 0 Å². The zero-order valence-corrected chi connectivity index (χ0v) is 12.0. The van der Waals surface area contributed by atoms with Crippen LogP contribution in [-0.4, -0.2) is 4.83 Å². The average Bonchev–Trinajstić information content (AvgIpc) is 2.28. The van der Waals surface area contributed by atoms with Gasteiger partial charge in [0.2, 0.25) is 0 Å². The quantitative estimate of drug-likeness (QED) is 0.643. The first-order valence-electron chi connectivity index (χ1n) is 7.08. The minimum atomic E-state index is 0.702. The summed E-state index contributed by atoms with van der Waals surface area (Å²) in [4.78, 5) is 0.702. The number of alkyl halides is 1. The Morgan fingerprint density at radius 1 is 0.882 bits per heavy atom. The summed E-state index contributed by atoms with van der Waals surface area (Å²) in [5.74, 6) is 1.62. The van der Waals surface area contributed by atoms with Crippen molar-refractivity contribution in [3.05, 3.63) is 35.4 Å². The van der Waals surface area contributed by atoms with Crippen molar-refractivity contribution < 1.29 is 0 Å². The molecule has 0 N–H and O–H groups in total. The molecule has 17 heavy (non-hydrogen) atoms. The lowest BCUT2D eigenvalue weighted by atomic mass is 9.77. The third-order valence-corrected chi connectivity index (χ3v) is 5.69. The Kier molecular flexibility index (Phi) is 3.56. The van der Waals surface area contributed by atoms with Crippen molar-refractivity contribution in [1.29, 1.82) is 0 Å². The van der Waals surface area contributed by atoms with Crippen LogP contribution in [0.5, 0.6) is 0 Å². The van der Waals surface area contributed by atoms with E-state index >= 15 is 0 Å². The van der Waals surface area contributed by atoms with Crippen molar-refractivity contribution in [3.63, 3.8) is 0 Å². The highest BCUT2D eigenvalue weighted by molar-refractivity contribution is 9.09. The molecular weight excluding hydrogens is 272 g/mol. The molecule has 0 saturated heterocycles. The van der Waals surface area contributed by atoms with Crippen LogP contribution in [0.15, 0.2) is 24.3 Å². The molecule has 2 unspecified atom stereocenters. The maximum atomic E-state index is 3.88. The van der Waals surface area contributed by atoms with E-state index in [9.17, 15) is 0 Å². The molecule has 1 heteroatoms. The third-order valence-electron chi connectivity index (χ3n) is 4.60. The predicted molar refractivity (Wildman–Crippen MR) is 77.0 cm³/mol. The van der Waals surface area contributed by atoms with E-state index in [0.717, 1.165) is 11.8 Å². The Balaban J connectivity index is 1.81. The van der Waals surface area contributed by atoms with E-state index < -0.39 is 0 Å². The van der Waals surface area contributed by atoms with Crippen LogP contribution in [-0.2, 0) is 0 Å². The van der Waals surface area contributed by atoms with Crippen molar-refractivity contribution >= 4 is 15.9 Å². The van der Waals surface area contributed by atoms with Gasteiger partial charge in [-0.15, -0.1) is 0 Å². The first kappa shape index (κ1) is 11.8. The van der Waals surface area contributed by atoms with Gasteiger partial charge in [0.15, 0.2) is 0 Å². The van der Waals surface area contributed by atoms with Crippen LogP contribution in [0.2, 0.25) is 0 Å². The lowest BCUT2D eigenvalue weighted by Crippen LogP contribution is -2.18. The van der Waals surface area contributed by atoms with E-state index in [4.69, 9.17) is 0 Å². The van der Waals surface area contributed by atoms with Gasteiger partial charge in [0.25, 0.3) is 0 Å². The molecule has 0 aliphatic heterocycles. The summed E-state index contributed by atoms with van der Waals surface area (Å²) in [6, 6.07) is 9.44. The monoisotopic (exact) mass is 292 g/mol. The smallest absolute Gasteiger partial charge is 0.0214 e. The van der Waals surface area contributed by atoms with Gasteiger partial charge in [-0.1, -0.05) is 59.5 Å². The minimum absolute atomic E-state index is 0.702. The molecule has 3 rings (SSSR count). The SMILES string of the molecule is BrC1CCCCC1c1cccc(C2CCC2)c1. The number of halogens is 1. The van der Waals surface area contributed by atoms with Gasteiger partial charge in [-0.3, -0.25) is 0 Å². The van der Waals surface area contributed by atoms with Crippen LogP contribution in [0, 0.1) is 0 Å². The summed E-state index contributed by atoms with van der Waals surface area (Å²) in [5, 5.41) is 0. The molecule has 0 bridgehead atoms. The molecule has 2 fully saturated rings. The maximum absolute atomic E-state index is 3.88. The molecular formula is C16H21Br. The van der Waals surface area contributed by atoms with Gasteiger partial charge in [-0.25, -0.2) is 0 Å². The Morgan fingerprint density at radius 2 is 1.65 bits per heavy atom. The number of hydrogen-bond donors (Lipinski definition) is 0. The first-order valence-corrected chi connectivity index (χ1v) is 8.00. The van der Waals surface area contributed by atoms with Gasteiger partial charge in [0.1, 0.15) is 0 Å². The molecule has 0 amide bonds. The van der Waals surface area contributed by atoms with Gasteiger partial charge < -0.3 is 0 Å². The fourth-order valence-corrected chi connectivity index (χ4v) is 4.14. The number of rotatable bonds is 2. The van der Waals surface area contributed by atoms with Crippen LogP contribution in [0.1, 0.15) is 67.9 Å². The molecule has 2 atom stereocenters. The van der Waals surface area contributed by atoms with E-state index in [1.807, 2.05) is 0 Å². The highest BCUT2D eigenvalue weighted by Crippen LogP contribution is 2.41. The Hall–Kier alpha value is -0.300. The van der Waals surface area contributed by atoms with E-state index in [1.54, 1.807) is 11.1 Å². The van der Waals surface area contributed by atoms with Crippen molar-refractivity contribution in [1.82, 2.24) is 0 Å². The second-order valence-electron chi connectivity index (χ2n) is 5.70. The van der Waals surface area contributed by atoms with E-state index in [1.165, 1.54) is 44.9 Å². The highest BCUT2D eigenvalue weighted by Gasteiger charge is 2.25. The van der Waals surface area contributed by atoms with Crippen molar-refractivity contribution in [2.24, 2.45) is 0 Å². The Morgan fingerprint density at radius 3 is 2.35 bits per heavy atom. The van der Waals surface area contributed by atoms with Crippen LogP contribution in [0.25, 0.3) is 0 Å². The van der Waals surface area contributed by atoms with Crippen molar-refractivity contribution in [3.8, 4) is 0 Å². The topological polar surface area (TPSA) is 0 Å². The van der Waals surface area contributed by atoms with Gasteiger partial charge in [0.05, 0.1) is 0 Å². The zero-order chi connectivity index (χ0) is 11.7. The van der Waals surface area contributed by atoms with E-state index in [2.05, 4.69) is 40.2 Å². The molecule has 2 saturated carbocycles. The van der Waals surface area contributed by atoms with Crippen LogP contribution >= 0.6 is 15.9 Å². The third kappa shape index (κ3) is 2.45. The Labute approximate surface area is 113 Å². The summed E-state index contributed by atoms with van der Waals surface area (Å²) in [7, 11) is 0. The van der Waals surface area contributed by atoms with Crippen molar-refractivity contribution in [2.45, 2.75) is 61.6 Å². The molecule has 1 aromatic rings. The predicted octanol–water partition coefficient (Wildman–Crippen LogP) is 5.38. The Bertz CT molecular complexity index is 381. The molecule has 2 aliphatic carbocycles. The fraction of sp³-hybridized carbons (Fsp3) is 0.625. The molecule has 92 valence electrons. The van der Waals surface area contributed by atoms with Gasteiger partial charge in [-0.2, -0.15) is 0 Å². The average molecular weight is 293 g/mol. The number of benzene rings is 1. The fourth-order valence-electron chi connectivity index (χ4n) is 3.25.